The van der Waals surface area contributed by atoms with E-state index in [1.165, 1.54) is 13.0 Å². The molecular weight excluding hydrogens is 247 g/mol. The van der Waals surface area contributed by atoms with Gasteiger partial charge in [-0.1, -0.05) is 12.1 Å². The lowest BCUT2D eigenvalue weighted by atomic mass is 10.1. The maximum atomic E-state index is 12.1. The molecule has 4 N–H and O–H groups in total. The number of rotatable bonds is 4. The summed E-state index contributed by atoms with van der Waals surface area (Å²) in [5.74, 6) is 4.61. The lowest BCUT2D eigenvalue weighted by molar-refractivity contribution is -0.138. The van der Waals surface area contributed by atoms with E-state index in [0.29, 0.717) is 5.69 Å². The molecule has 1 aromatic carbocycles. The van der Waals surface area contributed by atoms with Gasteiger partial charge in [0.1, 0.15) is 0 Å². The Kier molecular flexibility index (Phi) is 4.55. The Morgan fingerprint density at radius 1 is 1.39 bits per heavy atom. The van der Waals surface area contributed by atoms with Gasteiger partial charge < -0.3 is 10.7 Å². The van der Waals surface area contributed by atoms with E-state index in [4.69, 9.17) is 5.84 Å². The molecule has 0 aliphatic heterocycles. The molecule has 0 radical (unpaired) electrons. The number of carbonyl (C=O) groups excluding carboxylic acids is 1. The summed E-state index contributed by atoms with van der Waals surface area (Å²) in [6, 6.07) is 5.30. The van der Waals surface area contributed by atoms with Gasteiger partial charge in [0.2, 0.25) is 0 Å². The number of carbonyl (C=O) groups is 1. The second-order valence-electron chi connectivity index (χ2n) is 3.88. The molecule has 4 nitrogen and oxygen atoms in total. The smallest absolute Gasteiger partial charge is 0.349 e. The monoisotopic (exact) mass is 261 g/mol. The number of hydrogen-bond donors (Lipinski definition) is 3. The first-order chi connectivity index (χ1) is 8.33. The minimum atomic E-state index is -4.31. The molecule has 0 spiro atoms. The molecule has 18 heavy (non-hydrogen) atoms. The van der Waals surface area contributed by atoms with E-state index in [9.17, 15) is 18.0 Å². The Morgan fingerprint density at radius 2 is 2.00 bits per heavy atom. The van der Waals surface area contributed by atoms with Crippen molar-refractivity contribution in [3.63, 3.8) is 0 Å². The van der Waals surface area contributed by atoms with E-state index in [1.807, 2.05) is 0 Å². The molecule has 0 fully saturated rings. The molecule has 0 aromatic heterocycles. The van der Waals surface area contributed by atoms with Crippen molar-refractivity contribution in [1.82, 2.24) is 5.32 Å². The van der Waals surface area contributed by atoms with Gasteiger partial charge in [-0.25, -0.2) is 0 Å². The van der Waals surface area contributed by atoms with Gasteiger partial charge in [-0.15, -0.1) is 0 Å². The van der Waals surface area contributed by atoms with E-state index < -0.39 is 24.5 Å². The Hall–Kier alpha value is -1.76. The van der Waals surface area contributed by atoms with Crippen molar-refractivity contribution in [2.45, 2.75) is 25.6 Å². The second-order valence-corrected chi connectivity index (χ2v) is 3.88. The number of hydrogen-bond acceptors (Lipinski definition) is 3. The lowest BCUT2D eigenvalue weighted by Gasteiger charge is -2.16. The number of nitrogens with two attached hydrogens (primary N) is 1. The number of nitrogen functional groups attached to an aromatic ring is 1. The fourth-order valence-corrected chi connectivity index (χ4v) is 1.51. The predicted octanol–water partition coefficient (Wildman–Crippen LogP) is 2.04. The maximum absolute atomic E-state index is 12.1. The highest BCUT2D eigenvalue weighted by molar-refractivity contribution is 5.99. The first-order valence-electron chi connectivity index (χ1n) is 5.26. The van der Waals surface area contributed by atoms with E-state index in [1.54, 1.807) is 18.2 Å². The largest absolute Gasteiger partial charge is 0.391 e. The third-order valence-corrected chi connectivity index (χ3v) is 2.24. The van der Waals surface area contributed by atoms with E-state index >= 15 is 0 Å². The van der Waals surface area contributed by atoms with Gasteiger partial charge in [-0.2, -0.15) is 13.2 Å². The quantitative estimate of drug-likeness (QED) is 0.574. The minimum absolute atomic E-state index is 0.203. The number of amides is 1. The minimum Gasteiger partial charge on any atom is -0.349 e. The number of halogens is 3. The van der Waals surface area contributed by atoms with Crippen LogP contribution in [0.25, 0.3) is 0 Å². The summed E-state index contributed by atoms with van der Waals surface area (Å²) in [6.45, 7) is 1.30. The van der Waals surface area contributed by atoms with Gasteiger partial charge in [0.15, 0.2) is 0 Å². The van der Waals surface area contributed by atoms with E-state index in [2.05, 4.69) is 10.7 Å². The molecule has 0 saturated heterocycles. The number of nitrogens with one attached hydrogen (secondary N) is 2. The Labute approximate surface area is 102 Å². The highest BCUT2D eigenvalue weighted by Crippen LogP contribution is 2.22. The molecule has 7 heteroatoms. The molecule has 0 aliphatic carbocycles. The summed E-state index contributed by atoms with van der Waals surface area (Å²) >= 11 is 0. The van der Waals surface area contributed by atoms with Crippen molar-refractivity contribution in [2.75, 3.05) is 5.43 Å². The predicted molar refractivity (Wildman–Crippen MR) is 61.9 cm³/mol. The van der Waals surface area contributed by atoms with Gasteiger partial charge in [-0.05, 0) is 19.1 Å². The summed E-state index contributed by atoms with van der Waals surface area (Å²) in [5.41, 5.74) is 2.87. The fraction of sp³-hybridized carbons (Fsp3) is 0.364. The Bertz CT molecular complexity index is 420. The number of benzene rings is 1. The molecule has 0 saturated carbocycles. The van der Waals surface area contributed by atoms with Crippen LogP contribution in [0.15, 0.2) is 24.3 Å². The maximum Gasteiger partial charge on any atom is 0.391 e. The van der Waals surface area contributed by atoms with Crippen molar-refractivity contribution in [3.8, 4) is 0 Å². The van der Waals surface area contributed by atoms with Crippen LogP contribution >= 0.6 is 0 Å². The van der Waals surface area contributed by atoms with Gasteiger partial charge >= 0.3 is 6.18 Å². The molecule has 1 unspecified atom stereocenters. The van der Waals surface area contributed by atoms with Crippen LogP contribution in [0.3, 0.4) is 0 Å². The average molecular weight is 261 g/mol. The molecule has 1 aromatic rings. The zero-order valence-corrected chi connectivity index (χ0v) is 9.71. The van der Waals surface area contributed by atoms with Crippen molar-refractivity contribution >= 4 is 11.6 Å². The molecule has 0 aliphatic rings. The van der Waals surface area contributed by atoms with Crippen LogP contribution in [0.4, 0.5) is 18.9 Å². The van der Waals surface area contributed by atoms with Gasteiger partial charge in [0.25, 0.3) is 5.91 Å². The van der Waals surface area contributed by atoms with Crippen LogP contribution in [-0.4, -0.2) is 18.1 Å². The van der Waals surface area contributed by atoms with Crippen molar-refractivity contribution in [2.24, 2.45) is 5.84 Å². The van der Waals surface area contributed by atoms with E-state index in [-0.39, 0.29) is 5.56 Å². The second kappa shape index (κ2) is 5.72. The summed E-state index contributed by atoms with van der Waals surface area (Å²) < 4.78 is 36.4. The standard InChI is InChI=1S/C11H14F3N3O/c1-7(6-11(12,13)14)16-10(18)8-4-2-3-5-9(8)17-15/h2-5,7,17H,6,15H2,1H3,(H,16,18). The van der Waals surface area contributed by atoms with E-state index in [0.717, 1.165) is 0 Å². The molecule has 0 bridgehead atoms. The third kappa shape index (κ3) is 4.25. The molecule has 1 atom stereocenters. The zero-order valence-electron chi connectivity index (χ0n) is 9.71. The lowest BCUT2D eigenvalue weighted by Crippen LogP contribution is -2.36. The number of alkyl halides is 3. The van der Waals surface area contributed by atoms with Gasteiger partial charge in [-0.3, -0.25) is 10.6 Å². The van der Waals surface area contributed by atoms with Crippen LogP contribution in [0.1, 0.15) is 23.7 Å². The Morgan fingerprint density at radius 3 is 2.56 bits per heavy atom. The summed E-state index contributed by atoms with van der Waals surface area (Å²) in [6.07, 6.45) is -5.38. The summed E-state index contributed by atoms with van der Waals surface area (Å²) in [7, 11) is 0. The first kappa shape index (κ1) is 14.3. The topological polar surface area (TPSA) is 67.2 Å². The van der Waals surface area contributed by atoms with Crippen molar-refractivity contribution < 1.29 is 18.0 Å². The van der Waals surface area contributed by atoms with Crippen LogP contribution in [0.2, 0.25) is 0 Å². The number of hydrazine groups is 1. The fourth-order valence-electron chi connectivity index (χ4n) is 1.51. The van der Waals surface area contributed by atoms with Crippen LogP contribution < -0.4 is 16.6 Å². The van der Waals surface area contributed by atoms with Crippen LogP contribution in [0.5, 0.6) is 0 Å². The third-order valence-electron chi connectivity index (χ3n) is 2.24. The van der Waals surface area contributed by atoms with Crippen LogP contribution in [-0.2, 0) is 0 Å². The zero-order chi connectivity index (χ0) is 13.8. The SMILES string of the molecule is CC(CC(F)(F)F)NC(=O)c1ccccc1NN. The van der Waals surface area contributed by atoms with Crippen LogP contribution in [0, 0.1) is 0 Å². The highest BCUT2D eigenvalue weighted by atomic mass is 19.4. The first-order valence-corrected chi connectivity index (χ1v) is 5.26. The normalized spacial score (nSPS) is 12.9. The summed E-state index contributed by atoms with van der Waals surface area (Å²) in [4.78, 5) is 11.7. The number of para-hydroxylation sites is 1. The van der Waals surface area contributed by atoms with Gasteiger partial charge in [0.05, 0.1) is 17.7 Å². The molecule has 1 rings (SSSR count). The molecule has 100 valence electrons. The van der Waals surface area contributed by atoms with Gasteiger partial charge in [0, 0.05) is 6.04 Å². The van der Waals surface area contributed by atoms with Crippen molar-refractivity contribution in [3.05, 3.63) is 29.8 Å². The summed E-state index contributed by atoms with van der Waals surface area (Å²) in [5, 5.41) is 2.27. The van der Waals surface area contributed by atoms with Crippen molar-refractivity contribution in [1.29, 1.82) is 0 Å². The molecule has 1 amide bonds. The highest BCUT2D eigenvalue weighted by Gasteiger charge is 2.30. The average Bonchev–Trinajstić information content (AvgIpc) is 2.26. The molecule has 0 heterocycles. The molecular formula is C11H14F3N3O. The number of anilines is 1. The Balaban J connectivity index is 2.71.